The first-order chi connectivity index (χ1) is 18.6. The van der Waals surface area contributed by atoms with Crippen LogP contribution < -0.4 is 19.5 Å². The van der Waals surface area contributed by atoms with E-state index in [9.17, 15) is 18.0 Å². The SMILES string of the molecule is CCOC(=O)c1c(NC(=O)CS(=O)(=O)c2nnc(-c3cc(OC)c(OC)c(OC)c3)o2)sc2c1CCC(C)C2. The summed E-state index contributed by atoms with van der Waals surface area (Å²) in [6.07, 6.45) is 2.36. The number of rotatable bonds is 10. The molecule has 2 aromatic heterocycles. The summed E-state index contributed by atoms with van der Waals surface area (Å²) < 4.78 is 52.4. The number of carbonyl (C=O) groups is 2. The van der Waals surface area contributed by atoms with Crippen LogP contribution in [0.4, 0.5) is 5.00 Å². The number of esters is 1. The highest BCUT2D eigenvalue weighted by atomic mass is 32.2. The van der Waals surface area contributed by atoms with Crippen molar-refractivity contribution in [3.8, 4) is 28.7 Å². The van der Waals surface area contributed by atoms with Crippen LogP contribution in [0.1, 0.15) is 41.1 Å². The van der Waals surface area contributed by atoms with Crippen LogP contribution in [0.3, 0.4) is 0 Å². The molecule has 1 aliphatic rings. The Hall–Kier alpha value is -3.65. The molecule has 1 N–H and O–H groups in total. The average Bonchev–Trinajstić information content (AvgIpc) is 3.53. The third-order valence-electron chi connectivity index (χ3n) is 6.15. The van der Waals surface area contributed by atoms with E-state index in [4.69, 9.17) is 23.4 Å². The van der Waals surface area contributed by atoms with Gasteiger partial charge in [-0.2, -0.15) is 0 Å². The fourth-order valence-electron chi connectivity index (χ4n) is 4.31. The molecule has 12 nitrogen and oxygen atoms in total. The lowest BCUT2D eigenvalue weighted by Crippen LogP contribution is -2.24. The van der Waals surface area contributed by atoms with Gasteiger partial charge in [-0.15, -0.1) is 16.4 Å². The molecule has 0 radical (unpaired) electrons. The molecule has 210 valence electrons. The Labute approximate surface area is 229 Å². The fraction of sp³-hybridized carbons (Fsp3) is 0.440. The predicted octanol–water partition coefficient (Wildman–Crippen LogP) is 3.54. The number of nitrogens with zero attached hydrogens (tertiary/aromatic N) is 2. The minimum Gasteiger partial charge on any atom is -0.493 e. The third-order valence-corrected chi connectivity index (χ3v) is 8.66. The molecule has 14 heteroatoms. The van der Waals surface area contributed by atoms with Crippen molar-refractivity contribution in [2.75, 3.05) is 39.0 Å². The molecule has 4 rings (SSSR count). The number of aromatic nitrogens is 2. The Bertz CT molecular complexity index is 1470. The molecule has 39 heavy (non-hydrogen) atoms. The fourth-order valence-corrected chi connectivity index (χ4v) is 6.64. The van der Waals surface area contributed by atoms with Crippen LogP contribution >= 0.6 is 11.3 Å². The maximum atomic E-state index is 13.0. The summed E-state index contributed by atoms with van der Waals surface area (Å²) in [6, 6.07) is 3.04. The van der Waals surface area contributed by atoms with E-state index in [2.05, 4.69) is 22.4 Å². The minimum atomic E-state index is -4.32. The van der Waals surface area contributed by atoms with Crippen LogP contribution in [0.5, 0.6) is 17.2 Å². The van der Waals surface area contributed by atoms with E-state index in [-0.39, 0.29) is 23.1 Å². The van der Waals surface area contributed by atoms with E-state index in [0.29, 0.717) is 35.2 Å². The van der Waals surface area contributed by atoms with Gasteiger partial charge in [-0.3, -0.25) is 4.79 Å². The number of fused-ring (bicyclic) bond motifs is 1. The van der Waals surface area contributed by atoms with Gasteiger partial charge >= 0.3 is 11.2 Å². The zero-order chi connectivity index (χ0) is 28.3. The van der Waals surface area contributed by atoms with E-state index in [0.717, 1.165) is 23.3 Å². The highest BCUT2D eigenvalue weighted by Crippen LogP contribution is 2.42. The number of benzene rings is 1. The van der Waals surface area contributed by atoms with E-state index >= 15 is 0 Å². The number of methoxy groups -OCH3 is 3. The number of nitrogens with one attached hydrogen (secondary N) is 1. The molecule has 1 unspecified atom stereocenters. The third kappa shape index (κ3) is 5.86. The molecule has 1 aliphatic carbocycles. The van der Waals surface area contributed by atoms with Gasteiger partial charge in [0.05, 0.1) is 33.5 Å². The summed E-state index contributed by atoms with van der Waals surface area (Å²) in [4.78, 5) is 26.5. The standard InChI is InChI=1S/C25H29N3O9S2/c1-6-36-24(30)20-15-8-7-13(2)9-18(15)38-23(20)26-19(29)12-39(31,32)25-28-27-22(37-25)14-10-16(33-3)21(35-5)17(11-14)34-4/h10-11,13H,6-9,12H2,1-5H3,(H,26,29). The Morgan fingerprint density at radius 1 is 1.13 bits per heavy atom. The van der Waals surface area contributed by atoms with Crippen molar-refractivity contribution >= 4 is 38.1 Å². The molecular weight excluding hydrogens is 550 g/mol. The molecule has 1 atom stereocenters. The maximum absolute atomic E-state index is 13.0. The van der Waals surface area contributed by atoms with E-state index < -0.39 is 32.7 Å². The summed E-state index contributed by atoms with van der Waals surface area (Å²) in [5.74, 6) is -1.11. The summed E-state index contributed by atoms with van der Waals surface area (Å²) in [7, 11) is -0.00397. The molecule has 3 aromatic rings. The summed E-state index contributed by atoms with van der Waals surface area (Å²) in [5, 5.41) is 9.60. The van der Waals surface area contributed by atoms with Gasteiger partial charge in [0.15, 0.2) is 11.5 Å². The van der Waals surface area contributed by atoms with E-state index in [1.165, 1.54) is 44.8 Å². The molecule has 1 amide bonds. The van der Waals surface area contributed by atoms with Gasteiger partial charge in [-0.25, -0.2) is 13.2 Å². The van der Waals surface area contributed by atoms with Gasteiger partial charge in [0, 0.05) is 10.4 Å². The zero-order valence-electron chi connectivity index (χ0n) is 22.2. The van der Waals surface area contributed by atoms with Crippen LogP contribution in [0, 0.1) is 5.92 Å². The first-order valence-corrected chi connectivity index (χ1v) is 14.6. The Kier molecular flexibility index (Phi) is 8.45. The Morgan fingerprint density at radius 2 is 1.82 bits per heavy atom. The molecule has 0 bridgehead atoms. The normalized spacial score (nSPS) is 14.8. The van der Waals surface area contributed by atoms with Crippen molar-refractivity contribution < 1.29 is 41.4 Å². The predicted molar refractivity (Wildman–Crippen MR) is 142 cm³/mol. The van der Waals surface area contributed by atoms with Crippen molar-refractivity contribution in [1.82, 2.24) is 10.2 Å². The van der Waals surface area contributed by atoms with Gasteiger partial charge in [0.2, 0.25) is 27.4 Å². The molecule has 0 saturated carbocycles. The van der Waals surface area contributed by atoms with Crippen molar-refractivity contribution in [3.63, 3.8) is 0 Å². The van der Waals surface area contributed by atoms with Gasteiger partial charge in [-0.05, 0) is 49.8 Å². The molecule has 0 fully saturated rings. The largest absolute Gasteiger partial charge is 0.493 e. The average molecular weight is 580 g/mol. The molecule has 2 heterocycles. The van der Waals surface area contributed by atoms with Gasteiger partial charge in [0.25, 0.3) is 0 Å². The highest BCUT2D eigenvalue weighted by Gasteiger charge is 2.31. The summed E-state index contributed by atoms with van der Waals surface area (Å²) in [6.45, 7) is 3.99. The first-order valence-electron chi connectivity index (χ1n) is 12.1. The smallest absolute Gasteiger partial charge is 0.341 e. The number of ether oxygens (including phenoxy) is 4. The van der Waals surface area contributed by atoms with Crippen molar-refractivity contribution in [2.24, 2.45) is 5.92 Å². The van der Waals surface area contributed by atoms with Gasteiger partial charge in [-0.1, -0.05) is 12.0 Å². The number of carbonyl (C=O) groups excluding carboxylic acids is 2. The number of thiophene rings is 1. The molecule has 1 aromatic carbocycles. The Balaban J connectivity index is 1.56. The van der Waals surface area contributed by atoms with Crippen LogP contribution in [0.15, 0.2) is 21.8 Å². The van der Waals surface area contributed by atoms with Crippen LogP contribution in [0.25, 0.3) is 11.5 Å². The highest BCUT2D eigenvalue weighted by molar-refractivity contribution is 7.91. The van der Waals surface area contributed by atoms with Crippen LogP contribution in [-0.2, 0) is 32.2 Å². The summed E-state index contributed by atoms with van der Waals surface area (Å²) in [5.41, 5.74) is 1.46. The molecular formula is C25H29N3O9S2. The van der Waals surface area contributed by atoms with Gasteiger partial charge in [0.1, 0.15) is 10.8 Å². The van der Waals surface area contributed by atoms with Crippen molar-refractivity contribution in [1.29, 1.82) is 0 Å². The minimum absolute atomic E-state index is 0.127. The second-order valence-corrected chi connectivity index (χ2v) is 11.8. The topological polar surface area (TPSA) is 156 Å². The zero-order valence-corrected chi connectivity index (χ0v) is 23.8. The van der Waals surface area contributed by atoms with Crippen LogP contribution in [0.2, 0.25) is 0 Å². The first kappa shape index (κ1) is 28.4. The molecule has 0 aliphatic heterocycles. The lowest BCUT2D eigenvalue weighted by molar-refractivity contribution is -0.113. The number of hydrogen-bond donors (Lipinski definition) is 1. The maximum Gasteiger partial charge on any atom is 0.341 e. The number of hydrogen-bond acceptors (Lipinski definition) is 12. The monoisotopic (exact) mass is 579 g/mol. The second-order valence-electron chi connectivity index (χ2n) is 8.87. The molecule has 0 spiro atoms. The van der Waals surface area contributed by atoms with Crippen LogP contribution in [-0.4, -0.2) is 64.2 Å². The molecule has 0 saturated heterocycles. The van der Waals surface area contributed by atoms with Gasteiger partial charge < -0.3 is 28.7 Å². The van der Waals surface area contributed by atoms with E-state index in [1.807, 2.05) is 0 Å². The Morgan fingerprint density at radius 3 is 2.44 bits per heavy atom. The quantitative estimate of drug-likeness (QED) is 0.351. The summed E-state index contributed by atoms with van der Waals surface area (Å²) >= 11 is 1.27. The number of sulfone groups is 1. The van der Waals surface area contributed by atoms with E-state index in [1.54, 1.807) is 6.92 Å². The second kappa shape index (κ2) is 11.6. The lowest BCUT2D eigenvalue weighted by atomic mass is 9.88. The van der Waals surface area contributed by atoms with Crippen molar-refractivity contribution in [2.45, 2.75) is 38.3 Å². The lowest BCUT2D eigenvalue weighted by Gasteiger charge is -2.18. The number of anilines is 1. The number of amides is 1. The van der Waals surface area contributed by atoms with Crippen molar-refractivity contribution in [3.05, 3.63) is 28.1 Å².